The molecule has 0 spiro atoms. The van der Waals surface area contributed by atoms with Gasteiger partial charge in [-0.2, -0.15) is 10.5 Å². The molecule has 0 atom stereocenters. The third-order valence-corrected chi connectivity index (χ3v) is 7.33. The van der Waals surface area contributed by atoms with Crippen LogP contribution < -0.4 is 15.8 Å². The summed E-state index contributed by atoms with van der Waals surface area (Å²) in [6, 6.07) is 18.7. The van der Waals surface area contributed by atoms with Crippen LogP contribution in [0.3, 0.4) is 0 Å². The van der Waals surface area contributed by atoms with Crippen molar-refractivity contribution in [1.82, 2.24) is 14.9 Å². The van der Waals surface area contributed by atoms with E-state index in [0.29, 0.717) is 50.5 Å². The van der Waals surface area contributed by atoms with Crippen molar-refractivity contribution in [3.63, 3.8) is 0 Å². The van der Waals surface area contributed by atoms with Gasteiger partial charge in [0.25, 0.3) is 0 Å². The van der Waals surface area contributed by atoms with Gasteiger partial charge in [0.1, 0.15) is 29.3 Å². The molecule has 2 aromatic carbocycles. The van der Waals surface area contributed by atoms with Crippen LogP contribution in [0.15, 0.2) is 58.9 Å². The number of nitrogen functional groups attached to an aromatic ring is 1. The molecule has 4 aromatic rings. The predicted molar refractivity (Wildman–Crippen MR) is 155 cm³/mol. The summed E-state index contributed by atoms with van der Waals surface area (Å²) in [5.41, 5.74) is 10.0. The molecule has 0 saturated carbocycles. The van der Waals surface area contributed by atoms with Gasteiger partial charge in [0.15, 0.2) is 5.13 Å². The van der Waals surface area contributed by atoms with Gasteiger partial charge in [0.2, 0.25) is 5.69 Å². The molecule has 9 nitrogen and oxygen atoms in total. The minimum atomic E-state index is 0.0780. The highest BCUT2D eigenvalue weighted by atomic mass is 32.2. The normalized spacial score (nSPS) is 10.5. The number of thiazole rings is 1. The van der Waals surface area contributed by atoms with E-state index in [0.717, 1.165) is 17.9 Å². The molecule has 0 aliphatic heterocycles. The SMILES string of the molecule is [C-]#[N+]c1c(N)nc(SCc2csc(Nc3ccc(C#N)cc3)n2)c(C#N)c1-c1ccc(OCCN(C)C)cc1. The van der Waals surface area contributed by atoms with Crippen molar-refractivity contribution in [1.29, 1.82) is 10.5 Å². The van der Waals surface area contributed by atoms with Crippen LogP contribution in [0.25, 0.3) is 16.0 Å². The van der Waals surface area contributed by atoms with Crippen molar-refractivity contribution < 1.29 is 4.74 Å². The van der Waals surface area contributed by atoms with Crippen LogP contribution >= 0.6 is 23.1 Å². The Morgan fingerprint density at radius 1 is 1.10 bits per heavy atom. The van der Waals surface area contributed by atoms with E-state index in [1.54, 1.807) is 12.1 Å². The Hall–Kier alpha value is -4.60. The number of rotatable bonds is 10. The molecule has 0 bridgehead atoms. The number of anilines is 3. The summed E-state index contributed by atoms with van der Waals surface area (Å²) in [6.07, 6.45) is 0. The minimum absolute atomic E-state index is 0.0780. The Bertz CT molecular complexity index is 1580. The highest BCUT2D eigenvalue weighted by Gasteiger charge is 2.21. The summed E-state index contributed by atoms with van der Waals surface area (Å²) < 4.78 is 5.77. The second-order valence-corrected chi connectivity index (χ2v) is 10.4. The van der Waals surface area contributed by atoms with Crippen LogP contribution in [0.5, 0.6) is 5.75 Å². The summed E-state index contributed by atoms with van der Waals surface area (Å²) >= 11 is 2.79. The lowest BCUT2D eigenvalue weighted by atomic mass is 10.00. The first-order valence-corrected chi connectivity index (χ1v) is 13.6. The van der Waals surface area contributed by atoms with Crippen molar-refractivity contribution in [3.8, 4) is 29.0 Å². The van der Waals surface area contributed by atoms with Crippen LogP contribution in [-0.2, 0) is 5.75 Å². The fraction of sp³-hybridized carbons (Fsp3) is 0.179. The van der Waals surface area contributed by atoms with Crippen molar-refractivity contribution in [3.05, 3.63) is 82.1 Å². The second kappa shape index (κ2) is 12.8. The van der Waals surface area contributed by atoms with E-state index < -0.39 is 0 Å². The van der Waals surface area contributed by atoms with E-state index in [-0.39, 0.29) is 11.5 Å². The molecule has 2 aromatic heterocycles. The standard InChI is InChI=1S/C28H24N8OS2/c1-32-25-24(19-6-10-22(11-7-19)37-13-12-36(2)3)23(15-30)27(35-26(25)31)38-16-21-17-39-28(34-21)33-20-8-4-18(14-29)5-9-20/h4-11,17H,12-13,16H2,2-3H3,(H2,31,35)(H,33,34). The number of ether oxygens (including phenoxy) is 1. The fourth-order valence-electron chi connectivity index (χ4n) is 3.56. The number of nitrogens with zero attached hydrogens (tertiary/aromatic N) is 6. The van der Waals surface area contributed by atoms with Gasteiger partial charge in [-0.05, 0) is 56.1 Å². The Kier molecular flexibility index (Phi) is 8.98. The van der Waals surface area contributed by atoms with Crippen LogP contribution in [0.1, 0.15) is 16.8 Å². The zero-order valence-electron chi connectivity index (χ0n) is 21.3. The Morgan fingerprint density at radius 2 is 1.85 bits per heavy atom. The number of nitrogens with two attached hydrogens (primary N) is 1. The Balaban J connectivity index is 1.53. The number of thioether (sulfide) groups is 1. The molecular formula is C28H24N8OS2. The number of pyridine rings is 1. The first-order chi connectivity index (χ1) is 18.9. The van der Waals surface area contributed by atoms with Gasteiger partial charge in [0, 0.05) is 28.9 Å². The molecule has 3 N–H and O–H groups in total. The molecule has 11 heteroatoms. The fourth-order valence-corrected chi connectivity index (χ4v) is 5.29. The summed E-state index contributed by atoms with van der Waals surface area (Å²) in [5, 5.41) is 25.3. The molecule has 0 radical (unpaired) electrons. The van der Waals surface area contributed by atoms with Gasteiger partial charge in [-0.3, -0.25) is 0 Å². The van der Waals surface area contributed by atoms with Crippen LogP contribution in [0.2, 0.25) is 0 Å². The molecule has 2 heterocycles. The summed E-state index contributed by atoms with van der Waals surface area (Å²) in [6.45, 7) is 9.01. The number of aromatic nitrogens is 2. The first kappa shape index (κ1) is 27.4. The number of hydrogen-bond donors (Lipinski definition) is 2. The maximum atomic E-state index is 10.1. The van der Waals surface area contributed by atoms with Gasteiger partial charge in [0.05, 0.1) is 29.5 Å². The average molecular weight is 553 g/mol. The molecule has 4 rings (SSSR count). The highest BCUT2D eigenvalue weighted by molar-refractivity contribution is 7.98. The highest BCUT2D eigenvalue weighted by Crippen LogP contribution is 2.42. The van der Waals surface area contributed by atoms with E-state index >= 15 is 0 Å². The van der Waals surface area contributed by atoms with Crippen molar-refractivity contribution in [2.75, 3.05) is 38.3 Å². The number of likely N-dealkylation sites (N-methyl/N-ethyl adjacent to an activating group) is 1. The van der Waals surface area contributed by atoms with Gasteiger partial charge in [-0.1, -0.05) is 23.9 Å². The number of benzene rings is 2. The van der Waals surface area contributed by atoms with E-state index in [4.69, 9.17) is 22.3 Å². The van der Waals surface area contributed by atoms with Gasteiger partial charge in [-0.15, -0.1) is 11.3 Å². The predicted octanol–water partition coefficient (Wildman–Crippen LogP) is 6.06. The summed E-state index contributed by atoms with van der Waals surface area (Å²) in [4.78, 5) is 14.6. The van der Waals surface area contributed by atoms with Gasteiger partial charge >= 0.3 is 0 Å². The largest absolute Gasteiger partial charge is 0.492 e. The number of nitriles is 2. The Morgan fingerprint density at radius 3 is 2.49 bits per heavy atom. The van der Waals surface area contributed by atoms with Crippen LogP contribution in [-0.4, -0.2) is 42.1 Å². The lowest BCUT2D eigenvalue weighted by molar-refractivity contribution is 0.261. The third-order valence-electron chi connectivity index (χ3n) is 5.51. The van der Waals surface area contributed by atoms with E-state index in [1.165, 1.54) is 23.1 Å². The molecule has 0 aliphatic rings. The maximum Gasteiger partial charge on any atom is 0.236 e. The van der Waals surface area contributed by atoms with Crippen molar-refractivity contribution in [2.45, 2.75) is 10.8 Å². The van der Waals surface area contributed by atoms with E-state index in [1.807, 2.05) is 60.8 Å². The molecule has 0 saturated heterocycles. The smallest absolute Gasteiger partial charge is 0.236 e. The molecule has 39 heavy (non-hydrogen) atoms. The first-order valence-electron chi connectivity index (χ1n) is 11.7. The molecule has 194 valence electrons. The Labute approximate surface area is 235 Å². The minimum Gasteiger partial charge on any atom is -0.492 e. The molecule has 0 unspecified atom stereocenters. The van der Waals surface area contributed by atoms with E-state index in [9.17, 15) is 5.26 Å². The monoisotopic (exact) mass is 552 g/mol. The summed E-state index contributed by atoms with van der Waals surface area (Å²) in [7, 11) is 3.96. The topological polar surface area (TPSA) is 128 Å². The van der Waals surface area contributed by atoms with Crippen LogP contribution in [0.4, 0.5) is 22.3 Å². The van der Waals surface area contributed by atoms with E-state index in [2.05, 4.69) is 32.3 Å². The second-order valence-electron chi connectivity index (χ2n) is 8.55. The average Bonchev–Trinajstić information content (AvgIpc) is 3.39. The van der Waals surface area contributed by atoms with Gasteiger partial charge in [-0.25, -0.2) is 14.8 Å². The third kappa shape index (κ3) is 6.84. The lowest BCUT2D eigenvalue weighted by Crippen LogP contribution is -2.19. The zero-order valence-corrected chi connectivity index (χ0v) is 22.9. The zero-order chi connectivity index (χ0) is 27.8. The quantitative estimate of drug-likeness (QED) is 0.178. The maximum absolute atomic E-state index is 10.1. The van der Waals surface area contributed by atoms with Crippen molar-refractivity contribution >= 4 is 45.4 Å². The lowest BCUT2D eigenvalue weighted by Gasteiger charge is -2.14. The summed E-state index contributed by atoms with van der Waals surface area (Å²) in [5.74, 6) is 1.24. The molecule has 0 amide bonds. The number of hydrogen-bond acceptors (Lipinski definition) is 10. The molecular weight excluding hydrogens is 528 g/mol. The van der Waals surface area contributed by atoms with Gasteiger partial charge < -0.3 is 20.7 Å². The van der Waals surface area contributed by atoms with Crippen LogP contribution in [0, 0.1) is 29.2 Å². The molecule has 0 fully saturated rings. The number of nitrogens with one attached hydrogen (secondary N) is 1. The molecule has 0 aliphatic carbocycles. The van der Waals surface area contributed by atoms with Crippen molar-refractivity contribution in [2.24, 2.45) is 0 Å².